The Labute approximate surface area is 209 Å². The second-order valence-electron chi connectivity index (χ2n) is 7.48. The predicted octanol–water partition coefficient (Wildman–Crippen LogP) is 4.79. The van der Waals surface area contributed by atoms with Gasteiger partial charge in [-0.25, -0.2) is 9.67 Å². The van der Waals surface area contributed by atoms with Gasteiger partial charge in [-0.2, -0.15) is 5.10 Å². The number of rotatable bonds is 7. The molecule has 0 saturated carbocycles. The molecule has 4 aromatic rings. The van der Waals surface area contributed by atoms with Crippen LogP contribution in [0, 0.1) is 0 Å². The van der Waals surface area contributed by atoms with E-state index in [4.69, 9.17) is 10.5 Å². The molecule has 0 fully saturated rings. The molecule has 0 saturated heterocycles. The van der Waals surface area contributed by atoms with Gasteiger partial charge in [0.1, 0.15) is 17.2 Å². The first kappa shape index (κ1) is 25.2. The number of hydrogen-bond acceptors (Lipinski definition) is 7. The Bertz CT molecular complexity index is 1520. The number of halogens is 3. The molecule has 188 valence electrons. The third-order valence-corrected chi connectivity index (χ3v) is 4.99. The van der Waals surface area contributed by atoms with E-state index in [9.17, 15) is 18.0 Å². The Hall–Kier alpha value is -4.93. The van der Waals surface area contributed by atoms with Gasteiger partial charge in [-0.05, 0) is 48.7 Å². The van der Waals surface area contributed by atoms with Gasteiger partial charge in [0.2, 0.25) is 5.43 Å². The lowest BCUT2D eigenvalue weighted by molar-refractivity contribution is -0.274. The number of nitrogens with two attached hydrogens (primary N) is 1. The number of hydrogen-bond donors (Lipinski definition) is 1. The number of nitrogens with zero attached hydrogens (tertiary/aromatic N) is 4. The fourth-order valence-corrected chi connectivity index (χ4v) is 3.43. The van der Waals surface area contributed by atoms with Crippen LogP contribution in [0.4, 0.5) is 18.9 Å². The van der Waals surface area contributed by atoms with Gasteiger partial charge in [0.05, 0.1) is 24.2 Å². The molecule has 0 bridgehead atoms. The van der Waals surface area contributed by atoms with Crippen LogP contribution in [0.3, 0.4) is 0 Å². The molecular formula is C26H20F3N5O3. The van der Waals surface area contributed by atoms with Crippen LogP contribution in [-0.2, 0) is 0 Å². The molecule has 0 atom stereocenters. The van der Waals surface area contributed by atoms with Gasteiger partial charge in [-0.3, -0.25) is 9.78 Å². The van der Waals surface area contributed by atoms with Gasteiger partial charge >= 0.3 is 6.36 Å². The fourth-order valence-electron chi connectivity index (χ4n) is 3.43. The van der Waals surface area contributed by atoms with E-state index in [1.54, 1.807) is 18.3 Å². The summed E-state index contributed by atoms with van der Waals surface area (Å²) in [5.74, 6) is 0.0103. The molecule has 11 heteroatoms. The second kappa shape index (κ2) is 10.8. The van der Waals surface area contributed by atoms with E-state index >= 15 is 0 Å². The maximum Gasteiger partial charge on any atom is 0.573 e. The highest BCUT2D eigenvalue weighted by Gasteiger charge is 2.31. The summed E-state index contributed by atoms with van der Waals surface area (Å²) >= 11 is 0. The summed E-state index contributed by atoms with van der Waals surface area (Å²) in [5, 5.41) is 4.41. The van der Waals surface area contributed by atoms with E-state index < -0.39 is 17.5 Å². The predicted molar refractivity (Wildman–Crippen MR) is 132 cm³/mol. The maximum atomic E-state index is 12.7. The lowest BCUT2D eigenvalue weighted by Gasteiger charge is -2.13. The molecule has 0 aliphatic heterocycles. The summed E-state index contributed by atoms with van der Waals surface area (Å²) in [4.78, 5) is 21.3. The Morgan fingerprint density at radius 3 is 2.62 bits per heavy atom. The number of aromatic nitrogens is 3. The lowest BCUT2D eigenvalue weighted by atomic mass is 10.1. The molecule has 2 aromatic heterocycles. The topological polar surface area (TPSA) is 105 Å². The zero-order valence-electron chi connectivity index (χ0n) is 19.4. The van der Waals surface area contributed by atoms with Crippen LogP contribution in [-0.4, -0.2) is 33.9 Å². The highest BCUT2D eigenvalue weighted by atomic mass is 19.4. The van der Waals surface area contributed by atoms with Crippen molar-refractivity contribution < 1.29 is 22.6 Å². The number of allylic oxidation sites excluding steroid dienone is 1. The molecule has 37 heavy (non-hydrogen) atoms. The van der Waals surface area contributed by atoms with E-state index in [1.807, 2.05) is 24.3 Å². The molecule has 0 spiro atoms. The van der Waals surface area contributed by atoms with Crippen LogP contribution < -0.4 is 20.6 Å². The fraction of sp³-hybridized carbons (Fsp3) is 0.0769. The Balaban J connectivity index is 1.76. The summed E-state index contributed by atoms with van der Waals surface area (Å²) in [6.07, 6.45) is 0.762. The molecule has 8 nitrogen and oxygen atoms in total. The molecule has 2 heterocycles. The summed E-state index contributed by atoms with van der Waals surface area (Å²) in [7, 11) is 1.50. The first-order chi connectivity index (χ1) is 17.8. The van der Waals surface area contributed by atoms with Gasteiger partial charge in [-0.1, -0.05) is 18.2 Å². The summed E-state index contributed by atoms with van der Waals surface area (Å²) < 4.78 is 48.8. The smallest absolute Gasteiger partial charge is 0.494 e. The highest BCUT2D eigenvalue weighted by molar-refractivity contribution is 6.08. The minimum atomic E-state index is -4.86. The van der Waals surface area contributed by atoms with Crippen molar-refractivity contribution in [3.8, 4) is 28.4 Å². The Morgan fingerprint density at radius 2 is 1.92 bits per heavy atom. The van der Waals surface area contributed by atoms with Crippen molar-refractivity contribution in [3.63, 3.8) is 0 Å². The standard InChI is InChI=1S/C26H20F3N5O3/c1-36-24-15-17(20-7-2-3-13-31-20)8-9-22(24)34-14-11-23(35)25(33-34)21(10-12-30)32-18-5-4-6-19(16-18)37-26(27,28)29/h2-16H,30H2,1H3. The number of alkyl halides is 3. The maximum absolute atomic E-state index is 12.7. The largest absolute Gasteiger partial charge is 0.573 e. The third kappa shape index (κ3) is 6.20. The SMILES string of the molecule is COc1cc(-c2ccccn2)ccc1-n1ccc(=O)c(C(C=CN)=Nc2cccc(OC(F)(F)F)c2)n1. The van der Waals surface area contributed by atoms with Crippen molar-refractivity contribution in [2.24, 2.45) is 10.7 Å². The zero-order chi connectivity index (χ0) is 26.4. The number of benzene rings is 2. The average Bonchev–Trinajstić information content (AvgIpc) is 2.88. The summed E-state index contributed by atoms with van der Waals surface area (Å²) in [6, 6.07) is 17.2. The van der Waals surface area contributed by atoms with Crippen molar-refractivity contribution in [3.05, 3.63) is 107 Å². The molecule has 0 aliphatic carbocycles. The summed E-state index contributed by atoms with van der Waals surface area (Å²) in [6.45, 7) is 0. The molecule has 4 rings (SSSR count). The molecule has 0 amide bonds. The minimum Gasteiger partial charge on any atom is -0.494 e. The Kier molecular flexibility index (Phi) is 7.33. The van der Waals surface area contributed by atoms with Crippen LogP contribution >= 0.6 is 0 Å². The first-order valence-electron chi connectivity index (χ1n) is 10.8. The van der Waals surface area contributed by atoms with Crippen molar-refractivity contribution in [1.29, 1.82) is 0 Å². The third-order valence-electron chi connectivity index (χ3n) is 4.99. The monoisotopic (exact) mass is 507 g/mol. The van der Waals surface area contributed by atoms with E-state index in [2.05, 4.69) is 19.8 Å². The van der Waals surface area contributed by atoms with Gasteiger partial charge in [0.15, 0.2) is 5.69 Å². The van der Waals surface area contributed by atoms with Crippen LogP contribution in [0.15, 0.2) is 101 Å². The Morgan fingerprint density at radius 1 is 1.08 bits per heavy atom. The molecular weight excluding hydrogens is 487 g/mol. The number of ether oxygens (including phenoxy) is 2. The van der Waals surface area contributed by atoms with E-state index in [0.717, 1.165) is 29.6 Å². The van der Waals surface area contributed by atoms with Gasteiger partial charge < -0.3 is 15.2 Å². The lowest BCUT2D eigenvalue weighted by Crippen LogP contribution is -2.20. The van der Waals surface area contributed by atoms with Crippen LogP contribution in [0.2, 0.25) is 0 Å². The van der Waals surface area contributed by atoms with Gasteiger partial charge in [0.25, 0.3) is 0 Å². The van der Waals surface area contributed by atoms with Crippen LogP contribution in [0.25, 0.3) is 16.9 Å². The second-order valence-corrected chi connectivity index (χ2v) is 7.48. The number of aliphatic imine (C=N–C) groups is 1. The minimum absolute atomic E-state index is 0.0371. The van der Waals surface area contributed by atoms with Crippen molar-refractivity contribution in [2.75, 3.05) is 7.11 Å². The normalized spacial score (nSPS) is 12.1. The molecule has 0 unspecified atom stereocenters. The van der Waals surface area contributed by atoms with E-state index in [1.165, 1.54) is 42.3 Å². The van der Waals surface area contributed by atoms with Crippen LogP contribution in [0.1, 0.15) is 5.69 Å². The van der Waals surface area contributed by atoms with Crippen molar-refractivity contribution in [1.82, 2.24) is 14.8 Å². The van der Waals surface area contributed by atoms with Crippen molar-refractivity contribution in [2.45, 2.75) is 6.36 Å². The molecule has 0 radical (unpaired) electrons. The quantitative estimate of drug-likeness (QED) is 0.361. The number of methoxy groups -OCH3 is 1. The average molecular weight is 507 g/mol. The zero-order valence-corrected chi connectivity index (χ0v) is 19.4. The van der Waals surface area contributed by atoms with E-state index in [-0.39, 0.29) is 17.1 Å². The molecule has 2 aromatic carbocycles. The highest BCUT2D eigenvalue weighted by Crippen LogP contribution is 2.29. The summed E-state index contributed by atoms with van der Waals surface area (Å²) in [5.41, 5.74) is 7.23. The van der Waals surface area contributed by atoms with Gasteiger partial charge in [0, 0.05) is 30.1 Å². The van der Waals surface area contributed by atoms with Gasteiger partial charge in [-0.15, -0.1) is 13.2 Å². The molecule has 0 aliphatic rings. The molecule has 2 N–H and O–H groups in total. The van der Waals surface area contributed by atoms with Crippen LogP contribution in [0.5, 0.6) is 11.5 Å². The first-order valence-corrected chi connectivity index (χ1v) is 10.8. The van der Waals surface area contributed by atoms with Crippen molar-refractivity contribution >= 4 is 11.4 Å². The van der Waals surface area contributed by atoms with E-state index in [0.29, 0.717) is 11.4 Å². The number of pyridine rings is 1.